The van der Waals surface area contributed by atoms with Gasteiger partial charge in [0, 0.05) is 6.42 Å². The predicted molar refractivity (Wildman–Crippen MR) is 74.3 cm³/mol. The molecule has 0 heterocycles. The van der Waals surface area contributed by atoms with E-state index in [0.717, 1.165) is 0 Å². The van der Waals surface area contributed by atoms with Gasteiger partial charge in [0.15, 0.2) is 0 Å². The van der Waals surface area contributed by atoms with Crippen molar-refractivity contribution < 1.29 is 29.0 Å². The highest BCUT2D eigenvalue weighted by molar-refractivity contribution is 6.03. The predicted octanol–water partition coefficient (Wildman–Crippen LogP) is 2.06. The van der Waals surface area contributed by atoms with Crippen molar-refractivity contribution in [2.75, 3.05) is 13.2 Å². The van der Waals surface area contributed by atoms with E-state index in [1.165, 1.54) is 6.07 Å². The van der Waals surface area contributed by atoms with E-state index < -0.39 is 17.9 Å². The zero-order valence-electron chi connectivity index (χ0n) is 12.0. The van der Waals surface area contributed by atoms with E-state index >= 15 is 0 Å². The Morgan fingerprint density at radius 2 is 1.76 bits per heavy atom. The van der Waals surface area contributed by atoms with Gasteiger partial charge in [-0.1, -0.05) is 12.1 Å². The minimum atomic E-state index is -1.22. The molecule has 0 saturated carbocycles. The van der Waals surface area contributed by atoms with Gasteiger partial charge in [0.25, 0.3) is 0 Å². The third-order valence-corrected chi connectivity index (χ3v) is 2.76. The van der Waals surface area contributed by atoms with Crippen LogP contribution in [0.25, 0.3) is 0 Å². The molecule has 0 aliphatic rings. The molecule has 0 saturated heterocycles. The van der Waals surface area contributed by atoms with Gasteiger partial charge in [-0.2, -0.15) is 0 Å². The number of rotatable bonds is 7. The number of ether oxygens (including phenoxy) is 2. The average molecular weight is 294 g/mol. The second kappa shape index (κ2) is 8.04. The fourth-order valence-corrected chi connectivity index (χ4v) is 1.91. The van der Waals surface area contributed by atoms with Crippen molar-refractivity contribution in [3.8, 4) is 0 Å². The molecule has 0 unspecified atom stereocenters. The number of carboxylic acids is 1. The monoisotopic (exact) mass is 294 g/mol. The van der Waals surface area contributed by atoms with Gasteiger partial charge >= 0.3 is 17.9 Å². The van der Waals surface area contributed by atoms with E-state index in [0.29, 0.717) is 5.56 Å². The number of carbonyl (C=O) groups excluding carboxylic acids is 2. The van der Waals surface area contributed by atoms with Crippen molar-refractivity contribution in [2.24, 2.45) is 0 Å². The molecule has 0 aromatic heterocycles. The number of carboxylic acid groups (broad SMARTS) is 1. The molecule has 0 spiro atoms. The molecule has 21 heavy (non-hydrogen) atoms. The van der Waals surface area contributed by atoms with Crippen molar-refractivity contribution in [1.29, 1.82) is 0 Å². The van der Waals surface area contributed by atoms with Crippen LogP contribution in [0.15, 0.2) is 18.2 Å². The van der Waals surface area contributed by atoms with E-state index in [-0.39, 0.29) is 37.2 Å². The Bertz CT molecular complexity index is 535. The fourth-order valence-electron chi connectivity index (χ4n) is 1.91. The van der Waals surface area contributed by atoms with Crippen LogP contribution in [0.3, 0.4) is 0 Å². The molecular formula is C15H18O6. The van der Waals surface area contributed by atoms with Crippen molar-refractivity contribution in [3.63, 3.8) is 0 Å². The Morgan fingerprint density at radius 3 is 2.33 bits per heavy atom. The lowest BCUT2D eigenvalue weighted by molar-refractivity contribution is -0.143. The highest BCUT2D eigenvalue weighted by Gasteiger charge is 2.21. The Labute approximate surface area is 122 Å². The molecule has 0 amide bonds. The van der Waals surface area contributed by atoms with E-state index in [2.05, 4.69) is 0 Å². The number of carbonyl (C=O) groups is 3. The van der Waals surface area contributed by atoms with Gasteiger partial charge in [-0.25, -0.2) is 9.59 Å². The summed E-state index contributed by atoms with van der Waals surface area (Å²) in [5.41, 5.74) is 0.270. The van der Waals surface area contributed by atoms with Crippen LogP contribution in [-0.2, 0) is 20.7 Å². The molecule has 0 aliphatic heterocycles. The van der Waals surface area contributed by atoms with Gasteiger partial charge < -0.3 is 14.6 Å². The Balaban J connectivity index is 3.03. The first-order valence-corrected chi connectivity index (χ1v) is 6.69. The number of aryl methyl sites for hydroxylation is 1. The van der Waals surface area contributed by atoms with Gasteiger partial charge in [0.2, 0.25) is 0 Å². The van der Waals surface area contributed by atoms with E-state index in [4.69, 9.17) is 9.47 Å². The van der Waals surface area contributed by atoms with Crippen LogP contribution in [0.5, 0.6) is 0 Å². The number of hydrogen-bond acceptors (Lipinski definition) is 5. The summed E-state index contributed by atoms with van der Waals surface area (Å²) >= 11 is 0. The van der Waals surface area contributed by atoms with Crippen LogP contribution >= 0.6 is 0 Å². The molecule has 1 aromatic carbocycles. The maximum Gasteiger partial charge on any atom is 0.339 e. The smallest absolute Gasteiger partial charge is 0.339 e. The SMILES string of the molecule is CCOC(=O)CCc1cccc(C(=O)OCC)c1C(=O)O. The summed E-state index contributed by atoms with van der Waals surface area (Å²) in [7, 11) is 0. The number of hydrogen-bond donors (Lipinski definition) is 1. The van der Waals surface area contributed by atoms with Crippen molar-refractivity contribution in [2.45, 2.75) is 26.7 Å². The summed E-state index contributed by atoms with van der Waals surface area (Å²) < 4.78 is 9.65. The lowest BCUT2D eigenvalue weighted by Gasteiger charge is -2.10. The zero-order chi connectivity index (χ0) is 15.8. The third kappa shape index (κ3) is 4.59. The van der Waals surface area contributed by atoms with Crippen molar-refractivity contribution >= 4 is 17.9 Å². The highest BCUT2D eigenvalue weighted by Crippen LogP contribution is 2.18. The summed E-state index contributed by atoms with van der Waals surface area (Å²) in [6.45, 7) is 3.77. The Kier molecular flexibility index (Phi) is 6.39. The quantitative estimate of drug-likeness (QED) is 0.774. The summed E-state index contributed by atoms with van der Waals surface area (Å²) in [6.07, 6.45) is 0.244. The van der Waals surface area contributed by atoms with Crippen LogP contribution in [0, 0.1) is 0 Å². The number of benzene rings is 1. The summed E-state index contributed by atoms with van der Waals surface area (Å²) in [4.78, 5) is 34.5. The first-order valence-electron chi connectivity index (χ1n) is 6.69. The normalized spacial score (nSPS) is 10.0. The first-order chi connectivity index (χ1) is 10.0. The summed E-state index contributed by atoms with van der Waals surface area (Å²) in [5.74, 6) is -2.32. The van der Waals surface area contributed by atoms with Crippen molar-refractivity contribution in [3.05, 3.63) is 34.9 Å². The summed E-state index contributed by atoms with van der Waals surface area (Å²) in [5, 5.41) is 9.31. The first kappa shape index (κ1) is 16.7. The lowest BCUT2D eigenvalue weighted by atomic mass is 9.97. The Hall–Kier alpha value is -2.37. The second-order valence-electron chi connectivity index (χ2n) is 4.17. The lowest BCUT2D eigenvalue weighted by Crippen LogP contribution is -2.15. The fraction of sp³-hybridized carbons (Fsp3) is 0.400. The number of esters is 2. The molecule has 6 nitrogen and oxygen atoms in total. The standard InChI is InChI=1S/C15H18O6/c1-3-20-12(16)9-8-10-6-5-7-11(13(10)14(17)18)15(19)21-4-2/h5-7H,3-4,8-9H2,1-2H3,(H,17,18). The van der Waals surface area contributed by atoms with Gasteiger partial charge in [0.05, 0.1) is 24.3 Å². The topological polar surface area (TPSA) is 89.9 Å². The minimum absolute atomic E-state index is 0.00860. The molecule has 0 aliphatic carbocycles. The maximum atomic E-state index is 11.8. The Morgan fingerprint density at radius 1 is 1.10 bits per heavy atom. The second-order valence-corrected chi connectivity index (χ2v) is 4.17. The largest absolute Gasteiger partial charge is 0.478 e. The van der Waals surface area contributed by atoms with Crippen molar-refractivity contribution in [1.82, 2.24) is 0 Å². The molecule has 0 fully saturated rings. The summed E-state index contributed by atoms with van der Waals surface area (Å²) in [6, 6.07) is 4.54. The molecule has 0 radical (unpaired) electrons. The molecule has 0 bridgehead atoms. The van der Waals surface area contributed by atoms with Crippen LogP contribution in [0.1, 0.15) is 46.5 Å². The molecule has 1 N–H and O–H groups in total. The van der Waals surface area contributed by atoms with Gasteiger partial charge in [0.1, 0.15) is 0 Å². The minimum Gasteiger partial charge on any atom is -0.478 e. The van der Waals surface area contributed by atoms with Gasteiger partial charge in [-0.3, -0.25) is 4.79 Å². The molecule has 6 heteroatoms. The highest BCUT2D eigenvalue weighted by atomic mass is 16.5. The third-order valence-electron chi connectivity index (χ3n) is 2.76. The van der Waals surface area contributed by atoms with Crippen LogP contribution in [0.4, 0.5) is 0 Å². The molecule has 0 atom stereocenters. The van der Waals surface area contributed by atoms with Crippen LogP contribution in [-0.4, -0.2) is 36.2 Å². The van der Waals surface area contributed by atoms with E-state index in [1.807, 2.05) is 0 Å². The molecule has 114 valence electrons. The van der Waals surface area contributed by atoms with Gasteiger partial charge in [-0.15, -0.1) is 0 Å². The molecule has 1 rings (SSSR count). The number of aromatic carboxylic acids is 1. The van der Waals surface area contributed by atoms with E-state index in [1.54, 1.807) is 26.0 Å². The zero-order valence-corrected chi connectivity index (χ0v) is 12.0. The van der Waals surface area contributed by atoms with Crippen LogP contribution in [0.2, 0.25) is 0 Å². The molecule has 1 aromatic rings. The maximum absolute atomic E-state index is 11.8. The molecular weight excluding hydrogens is 276 g/mol. The average Bonchev–Trinajstić information content (AvgIpc) is 2.45. The van der Waals surface area contributed by atoms with Gasteiger partial charge in [-0.05, 0) is 31.9 Å². The van der Waals surface area contributed by atoms with E-state index in [9.17, 15) is 19.5 Å². The van der Waals surface area contributed by atoms with Crippen LogP contribution < -0.4 is 0 Å².